The Kier molecular flexibility index (Phi) is 3.57. The van der Waals surface area contributed by atoms with Crippen molar-refractivity contribution in [2.45, 2.75) is 6.61 Å². The standard InChI is InChI=1S/C7H6BrNOS/c8-3-1-2-7-9-4-6(5-10)11-7/h4,10H,3,5H2. The normalized spacial score (nSPS) is 8.91. The summed E-state index contributed by atoms with van der Waals surface area (Å²) >= 11 is 4.60. The van der Waals surface area contributed by atoms with Crippen LogP contribution in [-0.2, 0) is 6.61 Å². The molecule has 0 aliphatic carbocycles. The lowest BCUT2D eigenvalue weighted by Crippen LogP contribution is -1.70. The van der Waals surface area contributed by atoms with Crippen molar-refractivity contribution in [3.63, 3.8) is 0 Å². The number of aliphatic hydroxyl groups excluding tert-OH is 1. The number of halogens is 1. The highest BCUT2D eigenvalue weighted by Crippen LogP contribution is 2.10. The van der Waals surface area contributed by atoms with E-state index in [1.54, 1.807) is 6.20 Å². The molecule has 4 heteroatoms. The van der Waals surface area contributed by atoms with Crippen LogP contribution < -0.4 is 0 Å². The SMILES string of the molecule is OCc1cnc(C#CCBr)s1. The van der Waals surface area contributed by atoms with E-state index >= 15 is 0 Å². The predicted octanol–water partition coefficient (Wildman–Crippen LogP) is 1.38. The van der Waals surface area contributed by atoms with Gasteiger partial charge in [0.05, 0.1) is 16.8 Å². The fraction of sp³-hybridized carbons (Fsp3) is 0.286. The van der Waals surface area contributed by atoms with Gasteiger partial charge in [-0.05, 0) is 5.92 Å². The summed E-state index contributed by atoms with van der Waals surface area (Å²) < 4.78 is 0. The molecule has 1 N–H and O–H groups in total. The van der Waals surface area contributed by atoms with Gasteiger partial charge in [0.15, 0.2) is 5.01 Å². The third-order valence-electron chi connectivity index (χ3n) is 0.972. The van der Waals surface area contributed by atoms with Crippen LogP contribution in [0.15, 0.2) is 6.20 Å². The molecule has 0 fully saturated rings. The first kappa shape index (κ1) is 8.72. The topological polar surface area (TPSA) is 33.1 Å². The minimum absolute atomic E-state index is 0.0493. The number of alkyl halides is 1. The third-order valence-corrected chi connectivity index (χ3v) is 2.15. The summed E-state index contributed by atoms with van der Waals surface area (Å²) in [6, 6.07) is 0. The molecule has 0 saturated carbocycles. The van der Waals surface area contributed by atoms with Gasteiger partial charge in [0.2, 0.25) is 0 Å². The van der Waals surface area contributed by atoms with E-state index in [4.69, 9.17) is 5.11 Å². The maximum absolute atomic E-state index is 8.69. The zero-order chi connectivity index (χ0) is 8.10. The van der Waals surface area contributed by atoms with Crippen molar-refractivity contribution >= 4 is 27.3 Å². The molecule has 0 aliphatic heterocycles. The average molecular weight is 232 g/mol. The minimum Gasteiger partial charge on any atom is -0.391 e. The molecule has 2 nitrogen and oxygen atoms in total. The molecule has 0 atom stereocenters. The molecule has 1 rings (SSSR count). The van der Waals surface area contributed by atoms with Gasteiger partial charge in [0.25, 0.3) is 0 Å². The van der Waals surface area contributed by atoms with Crippen LogP contribution in [0.4, 0.5) is 0 Å². The van der Waals surface area contributed by atoms with E-state index in [1.807, 2.05) is 0 Å². The number of thiazole rings is 1. The molecule has 1 heterocycles. The Morgan fingerprint density at radius 3 is 3.09 bits per heavy atom. The molecule has 1 aromatic rings. The number of rotatable bonds is 1. The lowest BCUT2D eigenvalue weighted by Gasteiger charge is -1.78. The van der Waals surface area contributed by atoms with Crippen LogP contribution in [0.3, 0.4) is 0 Å². The van der Waals surface area contributed by atoms with Crippen LogP contribution in [0.25, 0.3) is 0 Å². The van der Waals surface area contributed by atoms with Gasteiger partial charge in [-0.3, -0.25) is 0 Å². The minimum atomic E-state index is 0.0493. The second-order valence-electron chi connectivity index (χ2n) is 1.73. The summed E-state index contributed by atoms with van der Waals surface area (Å²) in [7, 11) is 0. The lowest BCUT2D eigenvalue weighted by atomic mass is 10.6. The van der Waals surface area contributed by atoms with E-state index in [-0.39, 0.29) is 6.61 Å². The van der Waals surface area contributed by atoms with E-state index in [0.29, 0.717) is 5.33 Å². The Balaban J connectivity index is 2.72. The fourth-order valence-electron chi connectivity index (χ4n) is 0.547. The van der Waals surface area contributed by atoms with Crippen LogP contribution in [0.2, 0.25) is 0 Å². The number of aromatic nitrogens is 1. The Labute approximate surface area is 77.4 Å². The number of nitrogens with zero attached hydrogens (tertiary/aromatic N) is 1. The van der Waals surface area contributed by atoms with E-state index in [2.05, 4.69) is 32.8 Å². The van der Waals surface area contributed by atoms with Gasteiger partial charge < -0.3 is 5.11 Å². The number of hydrogen-bond acceptors (Lipinski definition) is 3. The molecule has 0 unspecified atom stereocenters. The summed E-state index contributed by atoms with van der Waals surface area (Å²) in [5, 5.41) is 10.1. The summed E-state index contributed by atoms with van der Waals surface area (Å²) in [6.07, 6.45) is 1.64. The van der Waals surface area contributed by atoms with Crippen LogP contribution in [0, 0.1) is 11.8 Å². The molecule has 0 bridgehead atoms. The summed E-state index contributed by atoms with van der Waals surface area (Å²) in [5.41, 5.74) is 0. The van der Waals surface area contributed by atoms with E-state index in [0.717, 1.165) is 9.88 Å². The summed E-state index contributed by atoms with van der Waals surface area (Å²) in [5.74, 6) is 5.68. The van der Waals surface area contributed by atoms with E-state index in [9.17, 15) is 0 Å². The van der Waals surface area contributed by atoms with E-state index in [1.165, 1.54) is 11.3 Å². The Morgan fingerprint density at radius 2 is 2.55 bits per heavy atom. The van der Waals surface area contributed by atoms with Crippen molar-refractivity contribution < 1.29 is 5.11 Å². The van der Waals surface area contributed by atoms with Crippen molar-refractivity contribution in [3.8, 4) is 11.8 Å². The second kappa shape index (κ2) is 4.50. The highest BCUT2D eigenvalue weighted by molar-refractivity contribution is 9.09. The first-order chi connectivity index (χ1) is 5.36. The number of hydrogen-bond donors (Lipinski definition) is 1. The summed E-state index contributed by atoms with van der Waals surface area (Å²) in [4.78, 5) is 4.84. The molecule has 0 aromatic carbocycles. The van der Waals surface area contributed by atoms with Gasteiger partial charge >= 0.3 is 0 Å². The van der Waals surface area contributed by atoms with Crippen LogP contribution in [0.5, 0.6) is 0 Å². The van der Waals surface area contributed by atoms with Gasteiger partial charge in [-0.15, -0.1) is 11.3 Å². The maximum atomic E-state index is 8.69. The maximum Gasteiger partial charge on any atom is 0.167 e. The van der Waals surface area contributed by atoms with Gasteiger partial charge in [-0.25, -0.2) is 4.98 Å². The lowest BCUT2D eigenvalue weighted by molar-refractivity contribution is 0.285. The molecule has 1 aromatic heterocycles. The second-order valence-corrected chi connectivity index (χ2v) is 3.40. The molecule has 0 amide bonds. The average Bonchev–Trinajstić information content (AvgIpc) is 2.48. The Bertz CT molecular complexity index is 286. The predicted molar refractivity (Wildman–Crippen MR) is 48.7 cm³/mol. The largest absolute Gasteiger partial charge is 0.391 e. The van der Waals surface area contributed by atoms with Gasteiger partial charge in [0, 0.05) is 6.20 Å². The molecule has 58 valence electrons. The first-order valence-corrected chi connectivity index (χ1v) is 4.91. The first-order valence-electron chi connectivity index (χ1n) is 2.97. The molecule has 0 saturated heterocycles. The molecule has 0 radical (unpaired) electrons. The molecular weight excluding hydrogens is 226 g/mol. The highest BCUT2D eigenvalue weighted by atomic mass is 79.9. The Hall–Kier alpha value is -0.370. The zero-order valence-corrected chi connectivity index (χ0v) is 8.07. The van der Waals surface area contributed by atoms with E-state index < -0.39 is 0 Å². The monoisotopic (exact) mass is 231 g/mol. The van der Waals surface area contributed by atoms with Crippen molar-refractivity contribution in [2.24, 2.45) is 0 Å². The van der Waals surface area contributed by atoms with Gasteiger partial charge in [-0.1, -0.05) is 21.9 Å². The molecule has 0 spiro atoms. The quantitative estimate of drug-likeness (QED) is 0.586. The molecule has 11 heavy (non-hydrogen) atoms. The van der Waals surface area contributed by atoms with Crippen molar-refractivity contribution in [1.29, 1.82) is 0 Å². The third kappa shape index (κ3) is 2.62. The van der Waals surface area contributed by atoms with Crippen molar-refractivity contribution in [2.75, 3.05) is 5.33 Å². The Morgan fingerprint density at radius 1 is 1.73 bits per heavy atom. The summed E-state index contributed by atoms with van der Waals surface area (Å²) in [6.45, 7) is 0.0493. The van der Waals surface area contributed by atoms with Crippen LogP contribution >= 0.6 is 27.3 Å². The van der Waals surface area contributed by atoms with Crippen molar-refractivity contribution in [3.05, 3.63) is 16.1 Å². The molecular formula is C7H6BrNOS. The van der Waals surface area contributed by atoms with Crippen LogP contribution in [-0.4, -0.2) is 15.4 Å². The fourth-order valence-corrected chi connectivity index (χ4v) is 1.33. The zero-order valence-electron chi connectivity index (χ0n) is 5.67. The molecule has 0 aliphatic rings. The number of aliphatic hydroxyl groups is 1. The van der Waals surface area contributed by atoms with Gasteiger partial charge in [-0.2, -0.15) is 0 Å². The van der Waals surface area contributed by atoms with Gasteiger partial charge in [0.1, 0.15) is 0 Å². The smallest absolute Gasteiger partial charge is 0.167 e. The highest BCUT2D eigenvalue weighted by Gasteiger charge is 1.95. The van der Waals surface area contributed by atoms with Crippen LogP contribution in [0.1, 0.15) is 9.88 Å². The van der Waals surface area contributed by atoms with Crippen molar-refractivity contribution in [1.82, 2.24) is 4.98 Å².